The van der Waals surface area contributed by atoms with Crippen molar-refractivity contribution in [3.05, 3.63) is 105 Å². The highest BCUT2D eigenvalue weighted by molar-refractivity contribution is 5.81. The number of hydrogen-bond acceptors (Lipinski definition) is 4. The van der Waals surface area contributed by atoms with Crippen LogP contribution in [0.4, 0.5) is 0 Å². The number of likely N-dealkylation sites (tertiary alicyclic amines) is 1. The number of carboxylic acids is 1. The fourth-order valence-electron chi connectivity index (χ4n) is 9.91. The first-order valence-electron chi connectivity index (χ1n) is 19.5. The number of carboxylic acid groups (broad SMARTS) is 1. The molecule has 740 valence electrons. The molecule has 0 aromatic heterocycles. The number of hydrogen-bond donors (Lipinski definition) is 2. The highest BCUT2D eigenvalue weighted by Gasteiger charge is 2.66. The first kappa shape index (κ1) is 41.8. The minimum absolute atomic E-state index is 0. The van der Waals surface area contributed by atoms with Crippen LogP contribution in [0.5, 0.6) is 0 Å². The van der Waals surface area contributed by atoms with E-state index in [1.54, 1.807) is 6.92 Å². The van der Waals surface area contributed by atoms with Crippen molar-refractivity contribution in [3.8, 4) is 0 Å². The van der Waals surface area contributed by atoms with Crippen LogP contribution in [0.2, 0.25) is 0 Å². The number of aliphatic hydroxyl groups is 1. The molecule has 0 spiro atoms. The summed E-state index contributed by atoms with van der Waals surface area (Å²) in [6.07, 6.45) is 0.173. The van der Waals surface area contributed by atoms with E-state index < -0.39 is 23.1 Å². The zero-order valence-corrected chi connectivity index (χ0v) is 35.2. The van der Waals surface area contributed by atoms with Gasteiger partial charge in [-0.2, -0.15) is 0 Å². The summed E-state index contributed by atoms with van der Waals surface area (Å²) in [4.78, 5) is 15.0. The van der Waals surface area contributed by atoms with Crippen molar-refractivity contribution in [1.29, 1.82) is 0 Å². The molecule has 1 fully saturated rings. The van der Waals surface area contributed by atoms with Crippen molar-refractivity contribution in [1.82, 2.24) is 4.90 Å². The number of benzene rings is 3. The van der Waals surface area contributed by atoms with Gasteiger partial charge >= 0.3 is 5.97 Å². The molecule has 5 nitrogen and oxygen atoms in total. The maximum Gasteiger partial charge on any atom is 0.314 e. The smallest absolute Gasteiger partial charge is 0.314 e. The fourth-order valence-corrected chi connectivity index (χ4v) is 9.91. The quantitative estimate of drug-likeness (QED) is 0.189. The van der Waals surface area contributed by atoms with Crippen molar-refractivity contribution >= 4 is 5.97 Å². The monoisotopic (exact) mass is 1170 g/mol. The molecule has 1 aliphatic rings. The summed E-state index contributed by atoms with van der Waals surface area (Å²) in [6.45, 7) is 34.1. The van der Waals surface area contributed by atoms with Crippen LogP contribution in [0.25, 0.3) is 0 Å². The molecule has 0 bridgehead atoms. The number of methoxy groups -OCH3 is 1. The van der Waals surface area contributed by atoms with Crippen LogP contribution in [0.3, 0.4) is 0 Å². The molecule has 5 heteroatoms. The summed E-state index contributed by atoms with van der Waals surface area (Å²) in [7, 11) is 1.91. The normalized spacial score (nSPS) is 24.9. The molecule has 0 saturated carbocycles. The summed E-state index contributed by atoms with van der Waals surface area (Å²) in [5.41, 5.74) is 7.92. The van der Waals surface area contributed by atoms with Crippen LogP contribution < -0.4 is 0 Å². The molecular weight excluding hydrogens is 643 g/mol. The van der Waals surface area contributed by atoms with Crippen molar-refractivity contribution in [2.45, 2.75) is 139 Å². The van der Waals surface area contributed by atoms with Gasteiger partial charge in [-0.3, -0.25) is 9.69 Å². The van der Waals surface area contributed by atoms with E-state index in [0.717, 1.165) is 29.7 Å². The molecule has 0 aliphatic carbocycles. The minimum Gasteiger partial charge on any atom is -0.481 e. The van der Waals surface area contributed by atoms with Gasteiger partial charge in [0.2, 0.25) is 0 Å². The van der Waals surface area contributed by atoms with Gasteiger partial charge in [0.05, 0.1) is 11.5 Å². The molecule has 2 N–H and O–H groups in total. The number of piperidine rings is 1. The zero-order chi connectivity index (χ0) is 39.3. The van der Waals surface area contributed by atoms with Crippen molar-refractivity contribution in [2.75, 3.05) is 13.7 Å². The number of aliphatic carboxylic acids is 1. The number of aliphatic hydroxyl groups excluding tert-OH is 1. The third kappa shape index (κ3) is 6.47. The third-order valence-electron chi connectivity index (χ3n) is 14.9. The van der Waals surface area contributed by atoms with Gasteiger partial charge in [-0.1, -0.05) is 103 Å². The predicted octanol–water partition coefficient (Wildman–Crippen LogP) is 66.5. The maximum absolute atomic E-state index is 12.3. The predicted molar refractivity (Wildman–Crippen MR) is 696 cm³/mol. The van der Waals surface area contributed by atoms with Gasteiger partial charge in [-0.05, 0) is 135 Å². The topological polar surface area (TPSA) is 70.0 Å². The molecule has 52 heavy (non-hydrogen) atoms. The Morgan fingerprint density at radius 2 is 1.50 bits per heavy atom. The molecule has 0 radical (unpaired) electrons. The van der Waals surface area contributed by atoms with Gasteiger partial charge in [0.1, 0.15) is 5.60 Å². The molecule has 1 saturated heterocycles. The average molecular weight is 1170 g/mol. The van der Waals surface area contributed by atoms with Gasteiger partial charge in [-0.15, -0.1) is 0 Å². The van der Waals surface area contributed by atoms with E-state index >= 15 is 0 Å². The highest BCUT2D eigenvalue weighted by Crippen LogP contribution is 2.65. The molecule has 0 amide bonds. The van der Waals surface area contributed by atoms with E-state index in [1.165, 1.54) is 33.4 Å². The molecule has 1 aliphatic heterocycles. The lowest BCUT2D eigenvalue weighted by Crippen LogP contribution is -2.69. The molecule has 8 unspecified atom stereocenters. The van der Waals surface area contributed by atoms with Gasteiger partial charge < -0.3 is 14.9 Å². The summed E-state index contributed by atoms with van der Waals surface area (Å²) in [5.74, 6) is -0.650. The van der Waals surface area contributed by atoms with Crippen molar-refractivity contribution in [2.24, 2.45) is 28.6 Å². The summed E-state index contributed by atoms with van der Waals surface area (Å²) >= 11 is 0. The molecule has 3 aromatic carbocycles. The Labute approximate surface area is 653 Å². The first-order chi connectivity index (χ1) is 24.0. The molecule has 1 heterocycles. The number of aryl methyl sites for hydroxylation is 4. The second-order valence-corrected chi connectivity index (χ2v) is 17.9. The van der Waals surface area contributed by atoms with E-state index in [1.807, 2.05) is 46.1 Å². The third-order valence-corrected chi connectivity index (χ3v) is 14.9. The second-order valence-electron chi connectivity index (χ2n) is 17.9. The van der Waals surface area contributed by atoms with Crippen LogP contribution in [0, 0.1) is 63.2 Å². The van der Waals surface area contributed by atoms with Crippen molar-refractivity contribution < 1.29 is 344 Å². The summed E-state index contributed by atoms with van der Waals surface area (Å²) < 4.78 is 7.06. The van der Waals surface area contributed by atoms with Gasteiger partial charge in [-0.25, -0.2) is 0 Å². The Morgan fingerprint density at radius 3 is 2.04 bits per heavy atom. The van der Waals surface area contributed by atoms with Crippen molar-refractivity contribution in [3.63, 3.8) is 0 Å². The Morgan fingerprint density at radius 1 is 0.904 bits per heavy atom. The highest BCUT2D eigenvalue weighted by atomic mass is 16.5. The number of nitrogens with zero attached hydrogens (tertiary/aromatic N) is 1. The van der Waals surface area contributed by atoms with E-state index in [4.69, 9.17) is 4.74 Å². The molecular formula is C47H523NO4. The fraction of sp³-hybridized carbons (Fsp3) is 0.596. The van der Waals surface area contributed by atoms with Crippen LogP contribution in [0.1, 0.15) is 456 Å². The van der Waals surface area contributed by atoms with Crippen LogP contribution in [-0.4, -0.2) is 46.8 Å². The average Bonchev–Trinajstić information content (AvgIpc) is 3.08. The zero-order valence-electron chi connectivity index (χ0n) is 35.2. The maximum atomic E-state index is 12.3. The number of ether oxygens (including phenoxy) is 1. The minimum atomic E-state index is -0.993. The lowest BCUT2D eigenvalue weighted by molar-refractivity contribution is -0.218. The van der Waals surface area contributed by atoms with Crippen LogP contribution >= 0.6 is 0 Å². The lowest BCUT2D eigenvalue weighted by Gasteiger charge is -2.67. The summed E-state index contributed by atoms with van der Waals surface area (Å²) in [5, 5.41) is 21.9. The first-order valence-corrected chi connectivity index (χ1v) is 19.5. The van der Waals surface area contributed by atoms with Gasteiger partial charge in [0, 0.05) is 355 Å². The van der Waals surface area contributed by atoms with E-state index in [9.17, 15) is 15.0 Å². The van der Waals surface area contributed by atoms with E-state index in [-0.39, 0.29) is 365 Å². The molecule has 3 aromatic rings. The second kappa shape index (κ2) is 15.0. The Kier molecular flexibility index (Phi) is 12.1. The van der Waals surface area contributed by atoms with Gasteiger partial charge in [0.15, 0.2) is 0 Å². The largest absolute Gasteiger partial charge is 0.481 e. The SMILES string of the molecule is COC(c1ccc(C)c(C)c1)(c1cccc(C)c1C)C1(C)C(C)CN(C(C)CC(C)C(O)c2ccc(C(C)(C(=O)O)C(C)C)cc2C)C(C)C1(C)C.[HH].[HH].[HH].[HH].[HH].[HH].[HH].[HH].[HH].[HH].[HH].[HH].[HH].[HH].[HH].[HH].[HH].[HH].[HH].[HH].[HH].[HH].[HH].[HH].[HH].[HH].[HH].[HH].[HH].[HH].[HH].[HH].[HH].[HH].[HH].[HH].[HH].[HH].[HH].[HH].[HH].[HH].[HH].[HH].[HH].[HH].[HH].[HH].[HH].[HH].[HH].[HH].[HH].[HH].[HH].[HH].[HH].[HH].[HH].[HH].[HH].[HH].[HH].[HH].[HH].[HH].[HH].[HH].[HH].[HH].[HH].[HH].[HH].[HH].[HH].[HH].[HH].[HH].[HH].[HH].[HH].[HH].[HH].[HH].[HH].[HH].[HH].[HH].[HH].[HH].[HH].[HH].[HH].[HH].[HH].[HH].[HH].[HH].[HH].[HH].[HH].[HH].[HH].[HH].[HH].[HH].[HH].[HH].[HH].[HH].[HH].[HH].[HH].[HH].[HH].[HH].[HH].[HH].[HH].[HH].[HH].[HH].[HH].[HH].[HH].[HH].[HH].[HH].[HH].[HH].[HH].[HH].[HH].[HH].[HH].[HH].[HH].[HH].[HH].[HH].[HH].[HH].[HH].[HH].[HH].[HH].[HH].[HH].[HH].[HH].[HH].[HH].[HH].[HH].[HH].[HH].[HH].[HH].[HH].[HH].[HH].[HH].[HH].[HH].[HH].[HH].[HH].[HH].[HH].[HH].[HH].[HH].[HH].[HH].[HH].[HH].[HH].[HH].[HH].[HH].[HH].[HH].[HH].[HH].[HH].[HH].[HH].[HH].[HH].[HH].[HH].[HH].[HH].[HH].[HH].[HH].[HH].[HH].[HH].[HH].[HH].[HH].[HH].[HH].[HH].[HH].[HH].[HH].[HH].[HH].[HH].[HH].[HH].[HH].[HH].[HH].[HH].[HH].[HH].[HH].[HH].[HH].[HH].[HH].[HH].[HH].[HH]. The number of rotatable bonds is 12. The lowest BCUT2D eigenvalue weighted by atomic mass is 9.45. The van der Waals surface area contributed by atoms with Crippen LogP contribution in [0.15, 0.2) is 54.6 Å². The Balaban J connectivity index is -0.000000000600. The molecule has 8 atom stereocenters. The Bertz CT molecular complexity index is 1950. The molecule has 4 rings (SSSR count). The number of carbonyl (C=O) groups is 1. The van der Waals surface area contributed by atoms with Gasteiger partial charge in [0.25, 0.3) is 0 Å². The summed E-state index contributed by atoms with van der Waals surface area (Å²) in [6, 6.07) is 19.8. The van der Waals surface area contributed by atoms with E-state index in [2.05, 4.69) is 117 Å². The standard InChI is InChI=1S/C47H69NO4.227H2/c1-28(2)45(14,43(50)51)38-22-23-40(32(6)26-38)42(49)33(7)24-35(9)48-27-34(8)46(15,44(12,13)37(48)11)47(52-16,39-21-20-29(3)31(5)25-39)41-19-17-18-30(4)36(41)10;;;;;;;;;;;;;;;;;;;;;;;;;;;;;;;;;;;;;;;;;;;;;;;;;;;;;;;;;;;;;;;;;;;;;;;;;;;;;;;;;;;;;;;;;;;;;;;;;;;;;;;;;;;;;;;;;;;;;;;;;;;;;;;;;;;;;;;;;;;;;;;;;;;;;;;;;;;;;;;;;;;;;;;;;;;;;;;;;;;;;;;;;;;;;;;;;;;;;;;;;;;;;;;;;;;;;;;;;;;;;;;;;;;/h17-23,25-26,28,33-35,37,42,49H,24,27H2,1-16H3,(H,50,51);227*1H. The van der Waals surface area contributed by atoms with E-state index in [0.29, 0.717) is 0 Å². The van der Waals surface area contributed by atoms with Crippen LogP contribution in [-0.2, 0) is 20.5 Å². The Hall–Kier alpha value is -2.99.